The molecule has 282 valence electrons. The summed E-state index contributed by atoms with van der Waals surface area (Å²) in [7, 11) is 0. The van der Waals surface area contributed by atoms with Gasteiger partial charge < -0.3 is 25.9 Å². The molecule has 0 unspecified atom stereocenters. The first-order chi connectivity index (χ1) is 27.1. The number of pyridine rings is 2. The average molecular weight is 744 g/mol. The highest BCUT2D eigenvalue weighted by Crippen LogP contribution is 2.56. The number of anilines is 5. The van der Waals surface area contributed by atoms with Crippen LogP contribution < -0.4 is 16.0 Å². The van der Waals surface area contributed by atoms with Gasteiger partial charge >= 0.3 is 0 Å². The average Bonchev–Trinajstić information content (AvgIpc) is 4.11. The van der Waals surface area contributed by atoms with Crippen LogP contribution in [0, 0.1) is 16.7 Å². The second-order valence-electron chi connectivity index (χ2n) is 16.6. The predicted molar refractivity (Wildman–Crippen MR) is 220 cm³/mol. The van der Waals surface area contributed by atoms with Crippen molar-refractivity contribution < 1.29 is 14.4 Å². The Kier molecular flexibility index (Phi) is 8.91. The second-order valence-corrected chi connectivity index (χ2v) is 16.6. The summed E-state index contributed by atoms with van der Waals surface area (Å²) in [5.74, 6) is 1.06. The Hall–Kier alpha value is -6.29. The number of benzene rings is 2. The Balaban J connectivity index is 0.000000149. The Bertz CT molecular complexity index is 2440. The zero-order valence-corrected chi connectivity index (χ0v) is 31.7. The number of H-pyrrole nitrogens is 2. The SMILES string of the molecule is CC1(C)CC(=O)c2c([nH]c(-c3ccnc(NC(=O)C4CC4)c3)c2Nc2ccccc2)C1.O=C1CC2(CC2)Cc2[nH]c(-c3ccncc3)c(Nc3ccccc3)c21. The molecule has 0 radical (unpaired) electrons. The largest absolute Gasteiger partial charge is 0.356 e. The summed E-state index contributed by atoms with van der Waals surface area (Å²) in [6.45, 7) is 4.24. The number of aromatic nitrogens is 4. The van der Waals surface area contributed by atoms with Crippen molar-refractivity contribution in [1.29, 1.82) is 0 Å². The molecule has 2 aromatic carbocycles. The molecule has 10 nitrogen and oxygen atoms in total. The molecule has 0 bridgehead atoms. The number of ketones is 2. The molecule has 4 aliphatic rings. The maximum atomic E-state index is 13.1. The first kappa shape index (κ1) is 35.4. The fourth-order valence-electron chi connectivity index (χ4n) is 8.21. The molecule has 0 saturated heterocycles. The highest BCUT2D eigenvalue weighted by atomic mass is 16.2. The van der Waals surface area contributed by atoms with Crippen LogP contribution in [0.1, 0.15) is 84.5 Å². The minimum absolute atomic E-state index is 0.0231. The lowest BCUT2D eigenvalue weighted by atomic mass is 9.76. The summed E-state index contributed by atoms with van der Waals surface area (Å²) in [5.41, 5.74) is 11.1. The number of carbonyl (C=O) groups is 3. The third-order valence-corrected chi connectivity index (χ3v) is 11.4. The molecule has 4 heterocycles. The monoisotopic (exact) mass is 743 g/mol. The maximum Gasteiger partial charge on any atom is 0.228 e. The Labute approximate surface area is 326 Å². The van der Waals surface area contributed by atoms with E-state index in [2.05, 4.69) is 49.7 Å². The van der Waals surface area contributed by atoms with Gasteiger partial charge in [0, 0.05) is 71.2 Å². The number of fused-ring (bicyclic) bond motifs is 2. The summed E-state index contributed by atoms with van der Waals surface area (Å²) in [4.78, 5) is 53.7. The van der Waals surface area contributed by atoms with E-state index in [0.717, 1.165) is 93.5 Å². The number of hydrogen-bond donors (Lipinski definition) is 5. The standard InChI is InChI=1S/C25H26N4O2.C21H19N3O/c1-25(2)13-18-21(19(30)14-25)23(27-17-6-4-3-5-7-17)22(28-18)16-10-11-26-20(12-16)29-24(31)15-8-9-15;25-17-13-21(8-9-21)12-16-18(17)20(23-15-4-2-1-3-5-15)19(24-16)14-6-10-22-11-7-14/h3-7,10-12,15,27-28H,8-9,13-14H2,1-2H3,(H,26,29,31);1-7,10-11,23-24H,8-9,12-13H2. The second kappa shape index (κ2) is 14.1. The summed E-state index contributed by atoms with van der Waals surface area (Å²) >= 11 is 0. The van der Waals surface area contributed by atoms with Crippen molar-refractivity contribution in [2.75, 3.05) is 16.0 Å². The first-order valence-corrected chi connectivity index (χ1v) is 19.5. The highest BCUT2D eigenvalue weighted by Gasteiger charge is 2.49. The van der Waals surface area contributed by atoms with Gasteiger partial charge in [-0.15, -0.1) is 0 Å². The minimum atomic E-state index is -0.0855. The number of amides is 1. The number of rotatable bonds is 8. The van der Waals surface area contributed by atoms with Gasteiger partial charge in [-0.2, -0.15) is 0 Å². The fraction of sp³-hybridized carbons (Fsp3) is 0.283. The number of nitrogens with one attached hydrogen (secondary N) is 5. The lowest BCUT2D eigenvalue weighted by Crippen LogP contribution is -2.26. The van der Waals surface area contributed by atoms with Gasteiger partial charge in [-0.05, 0) is 97.9 Å². The lowest BCUT2D eigenvalue weighted by Gasteiger charge is -2.28. The van der Waals surface area contributed by atoms with E-state index in [1.807, 2.05) is 84.9 Å². The molecule has 0 atom stereocenters. The van der Waals surface area contributed by atoms with Gasteiger partial charge in [-0.25, -0.2) is 4.98 Å². The molecule has 0 aliphatic heterocycles. The van der Waals surface area contributed by atoms with E-state index in [0.29, 0.717) is 18.7 Å². The fourth-order valence-corrected chi connectivity index (χ4v) is 8.21. The van der Waals surface area contributed by atoms with Crippen LogP contribution in [0.15, 0.2) is 104 Å². The van der Waals surface area contributed by atoms with Crippen LogP contribution in [0.4, 0.5) is 28.6 Å². The minimum Gasteiger partial charge on any atom is -0.356 e. The zero-order valence-electron chi connectivity index (χ0n) is 31.7. The molecular formula is C46H45N7O3. The van der Waals surface area contributed by atoms with E-state index in [-0.39, 0.29) is 34.2 Å². The van der Waals surface area contributed by atoms with Crippen molar-refractivity contribution >= 4 is 46.0 Å². The summed E-state index contributed by atoms with van der Waals surface area (Å²) in [6, 6.07) is 27.6. The van der Waals surface area contributed by atoms with Crippen molar-refractivity contribution in [1.82, 2.24) is 19.9 Å². The van der Waals surface area contributed by atoms with E-state index in [1.165, 1.54) is 12.8 Å². The van der Waals surface area contributed by atoms with Crippen molar-refractivity contribution in [2.45, 2.75) is 65.2 Å². The molecule has 1 spiro atoms. The Morgan fingerprint density at radius 3 is 1.82 bits per heavy atom. The van der Waals surface area contributed by atoms with Crippen LogP contribution in [-0.4, -0.2) is 37.4 Å². The number of nitrogens with zero attached hydrogens (tertiary/aromatic N) is 2. The quantitative estimate of drug-likeness (QED) is 0.104. The van der Waals surface area contributed by atoms with E-state index >= 15 is 0 Å². The molecule has 2 fully saturated rings. The Morgan fingerprint density at radius 1 is 0.679 bits per heavy atom. The van der Waals surface area contributed by atoms with Crippen LogP contribution in [0.25, 0.3) is 22.5 Å². The molecule has 1 amide bonds. The molecule has 56 heavy (non-hydrogen) atoms. The molecule has 6 aromatic rings. The molecule has 2 saturated carbocycles. The maximum absolute atomic E-state index is 13.1. The van der Waals surface area contributed by atoms with E-state index in [4.69, 9.17) is 0 Å². The molecular weight excluding hydrogens is 699 g/mol. The van der Waals surface area contributed by atoms with Gasteiger partial charge in [0.25, 0.3) is 0 Å². The number of carbonyl (C=O) groups excluding carboxylic acids is 3. The zero-order chi connectivity index (χ0) is 38.4. The normalized spacial score (nSPS) is 17.2. The summed E-state index contributed by atoms with van der Waals surface area (Å²) < 4.78 is 0. The summed E-state index contributed by atoms with van der Waals surface area (Å²) in [5, 5.41) is 9.87. The van der Waals surface area contributed by atoms with Crippen molar-refractivity contribution in [2.24, 2.45) is 16.7 Å². The molecule has 10 rings (SSSR count). The topological polar surface area (TPSA) is 145 Å². The first-order valence-electron chi connectivity index (χ1n) is 19.5. The van der Waals surface area contributed by atoms with Gasteiger partial charge in [0.2, 0.25) is 5.91 Å². The highest BCUT2D eigenvalue weighted by molar-refractivity contribution is 6.09. The number of aromatic amines is 2. The van der Waals surface area contributed by atoms with Crippen molar-refractivity contribution in [3.63, 3.8) is 0 Å². The molecule has 4 aromatic heterocycles. The summed E-state index contributed by atoms with van der Waals surface area (Å²) in [6.07, 6.45) is 12.4. The van der Waals surface area contributed by atoms with E-state index < -0.39 is 0 Å². The van der Waals surface area contributed by atoms with Crippen LogP contribution >= 0.6 is 0 Å². The van der Waals surface area contributed by atoms with Gasteiger partial charge in [0.1, 0.15) is 5.82 Å². The number of hydrogen-bond acceptors (Lipinski definition) is 7. The molecule has 10 heteroatoms. The van der Waals surface area contributed by atoms with Gasteiger partial charge in [-0.1, -0.05) is 50.2 Å². The van der Waals surface area contributed by atoms with Crippen LogP contribution in [0.3, 0.4) is 0 Å². The van der Waals surface area contributed by atoms with E-state index in [9.17, 15) is 14.4 Å². The third-order valence-electron chi connectivity index (χ3n) is 11.4. The van der Waals surface area contributed by atoms with Crippen LogP contribution in [-0.2, 0) is 17.6 Å². The molecule has 5 N–H and O–H groups in total. The number of para-hydroxylation sites is 2. The van der Waals surface area contributed by atoms with Gasteiger partial charge in [-0.3, -0.25) is 19.4 Å². The molecule has 4 aliphatic carbocycles. The van der Waals surface area contributed by atoms with Crippen LogP contribution in [0.2, 0.25) is 0 Å². The Morgan fingerprint density at radius 2 is 1.23 bits per heavy atom. The predicted octanol–water partition coefficient (Wildman–Crippen LogP) is 10.1. The van der Waals surface area contributed by atoms with Gasteiger partial charge in [0.05, 0.1) is 33.9 Å². The van der Waals surface area contributed by atoms with Crippen molar-refractivity contribution in [3.8, 4) is 22.5 Å². The lowest BCUT2D eigenvalue weighted by molar-refractivity contribution is -0.117. The number of Topliss-reactive ketones (excluding diaryl/α,β-unsaturated/α-hetero) is 2. The van der Waals surface area contributed by atoms with Gasteiger partial charge in [0.15, 0.2) is 11.6 Å². The van der Waals surface area contributed by atoms with Crippen LogP contribution in [0.5, 0.6) is 0 Å². The van der Waals surface area contributed by atoms with Crippen molar-refractivity contribution in [3.05, 3.63) is 126 Å². The smallest absolute Gasteiger partial charge is 0.228 e. The van der Waals surface area contributed by atoms with E-state index in [1.54, 1.807) is 18.6 Å². The third kappa shape index (κ3) is 7.26.